The molecule has 0 radical (unpaired) electrons. The largest absolute Gasteiger partial charge is 0.345 e. The minimum absolute atomic E-state index is 0.0531. The summed E-state index contributed by atoms with van der Waals surface area (Å²) in [4.78, 5) is 0. The van der Waals surface area contributed by atoms with E-state index in [1.54, 1.807) is 6.92 Å². The molecule has 0 aromatic carbocycles. The zero-order valence-electron chi connectivity index (χ0n) is 8.50. The summed E-state index contributed by atoms with van der Waals surface area (Å²) < 4.78 is 28.3. The van der Waals surface area contributed by atoms with E-state index in [-0.39, 0.29) is 11.2 Å². The van der Waals surface area contributed by atoms with Crippen molar-refractivity contribution in [1.82, 2.24) is 0 Å². The average Bonchev–Trinajstić information content (AvgIpc) is 1.81. The summed E-state index contributed by atoms with van der Waals surface area (Å²) >= 11 is 4.27. The molecule has 0 amide bonds. The van der Waals surface area contributed by atoms with Crippen LogP contribution in [0.3, 0.4) is 0 Å². The van der Waals surface area contributed by atoms with Crippen molar-refractivity contribution in [2.24, 2.45) is 11.8 Å². The van der Waals surface area contributed by atoms with Gasteiger partial charge in [0.1, 0.15) is 0 Å². The third kappa shape index (κ3) is 4.81. The Labute approximate surface area is 84.3 Å². The first-order valence-corrected chi connectivity index (χ1v) is 4.99. The molecular weight excluding hydrogens is 194 g/mol. The monoisotopic (exact) mass is 212 g/mol. The number of alkyl halides is 2. The van der Waals surface area contributed by atoms with E-state index < -0.39 is 12.7 Å². The molecule has 80 valence electrons. The summed E-state index contributed by atoms with van der Waals surface area (Å²) in [7, 11) is 0. The van der Waals surface area contributed by atoms with Crippen molar-refractivity contribution in [3.63, 3.8) is 0 Å². The molecule has 3 unspecified atom stereocenters. The lowest BCUT2D eigenvalue weighted by Crippen LogP contribution is -2.32. The van der Waals surface area contributed by atoms with Crippen molar-refractivity contribution in [3.05, 3.63) is 0 Å². The molecule has 0 aliphatic heterocycles. The van der Waals surface area contributed by atoms with Crippen LogP contribution >= 0.6 is 12.6 Å². The lowest BCUT2D eigenvalue weighted by molar-refractivity contribution is -0.174. The zero-order chi connectivity index (χ0) is 10.6. The van der Waals surface area contributed by atoms with Crippen LogP contribution in [0.1, 0.15) is 27.7 Å². The minimum Gasteiger partial charge on any atom is -0.320 e. The first-order valence-electron chi connectivity index (χ1n) is 4.48. The molecule has 1 nitrogen and oxygen atoms in total. The molecule has 0 spiro atoms. The van der Waals surface area contributed by atoms with Crippen molar-refractivity contribution in [3.8, 4) is 0 Å². The Morgan fingerprint density at radius 2 is 1.54 bits per heavy atom. The Bertz CT molecular complexity index is 132. The molecule has 0 N–H and O–H groups in total. The van der Waals surface area contributed by atoms with E-state index in [1.165, 1.54) is 0 Å². The van der Waals surface area contributed by atoms with Gasteiger partial charge in [0.15, 0.2) is 0 Å². The summed E-state index contributed by atoms with van der Waals surface area (Å²) in [6, 6.07) is 0. The highest BCUT2D eigenvalue weighted by molar-refractivity contribution is 7.80. The van der Waals surface area contributed by atoms with Crippen LogP contribution in [0, 0.1) is 11.8 Å². The summed E-state index contributed by atoms with van der Waals surface area (Å²) in [6.07, 6.45) is -0.451. The second-order valence-corrected chi connectivity index (χ2v) is 4.48. The molecule has 4 heteroatoms. The molecule has 0 bridgehead atoms. The third-order valence-corrected chi connectivity index (χ3v) is 2.53. The van der Waals surface area contributed by atoms with E-state index in [0.717, 1.165) is 0 Å². The summed E-state index contributed by atoms with van der Waals surface area (Å²) in [5.74, 6) is 0.346. The summed E-state index contributed by atoms with van der Waals surface area (Å²) in [6.45, 7) is 4.86. The molecule has 0 aliphatic carbocycles. The Balaban J connectivity index is 4.20. The molecule has 0 aromatic heterocycles. The van der Waals surface area contributed by atoms with Crippen LogP contribution in [0.2, 0.25) is 0 Å². The van der Waals surface area contributed by atoms with E-state index in [0.29, 0.717) is 5.92 Å². The van der Waals surface area contributed by atoms with Gasteiger partial charge in [-0.2, -0.15) is 21.4 Å². The first-order chi connectivity index (χ1) is 5.86. The highest BCUT2D eigenvalue weighted by atomic mass is 32.1. The molecule has 0 saturated heterocycles. The van der Waals surface area contributed by atoms with Gasteiger partial charge in [-0.25, -0.2) is 0 Å². The van der Waals surface area contributed by atoms with Gasteiger partial charge in [-0.15, -0.1) is 0 Å². The molecule has 13 heavy (non-hydrogen) atoms. The second kappa shape index (κ2) is 5.81. The van der Waals surface area contributed by atoms with Gasteiger partial charge in [-0.05, 0) is 18.8 Å². The van der Waals surface area contributed by atoms with Crippen LogP contribution in [0.15, 0.2) is 0 Å². The highest BCUT2D eigenvalue weighted by Gasteiger charge is 2.27. The Morgan fingerprint density at radius 1 is 1.08 bits per heavy atom. The van der Waals surface area contributed by atoms with E-state index >= 15 is 0 Å². The molecule has 0 rings (SSSR count). The maximum atomic E-state index is 11.9. The fraction of sp³-hybridized carbons (Fsp3) is 1.00. The van der Waals surface area contributed by atoms with Crippen molar-refractivity contribution >= 4 is 12.6 Å². The molecule has 0 aromatic rings. The van der Waals surface area contributed by atoms with Crippen LogP contribution in [0.4, 0.5) is 8.78 Å². The van der Waals surface area contributed by atoms with Gasteiger partial charge in [0.25, 0.3) is 0 Å². The molecule has 0 saturated carbocycles. The summed E-state index contributed by atoms with van der Waals surface area (Å²) in [5.41, 5.74) is 0. The fourth-order valence-corrected chi connectivity index (χ4v) is 2.33. The van der Waals surface area contributed by atoms with Gasteiger partial charge >= 0.3 is 6.61 Å². The normalized spacial score (nSPS) is 19.2. The maximum Gasteiger partial charge on any atom is 0.345 e. The number of halogens is 2. The average molecular weight is 212 g/mol. The van der Waals surface area contributed by atoms with Gasteiger partial charge in [0.2, 0.25) is 0 Å². The zero-order valence-corrected chi connectivity index (χ0v) is 9.39. The van der Waals surface area contributed by atoms with E-state index in [4.69, 9.17) is 0 Å². The first kappa shape index (κ1) is 13.2. The third-order valence-electron chi connectivity index (χ3n) is 2.19. The van der Waals surface area contributed by atoms with Gasteiger partial charge in [-0.3, -0.25) is 0 Å². The standard InChI is InChI=1S/C9H18F2OS/c1-5(2)8(7(4)13)6(3)12-9(10)11/h5-9,13H,1-4H3. The van der Waals surface area contributed by atoms with Gasteiger partial charge in [0, 0.05) is 5.25 Å². The quantitative estimate of drug-likeness (QED) is 0.688. The fourth-order valence-electron chi connectivity index (χ4n) is 1.74. The van der Waals surface area contributed by atoms with Crippen LogP contribution < -0.4 is 0 Å². The van der Waals surface area contributed by atoms with Crippen molar-refractivity contribution in [1.29, 1.82) is 0 Å². The smallest absolute Gasteiger partial charge is 0.320 e. The van der Waals surface area contributed by atoms with Crippen LogP contribution in [0.5, 0.6) is 0 Å². The van der Waals surface area contributed by atoms with Crippen LogP contribution in [0.25, 0.3) is 0 Å². The van der Waals surface area contributed by atoms with Gasteiger partial charge in [-0.1, -0.05) is 20.8 Å². The van der Waals surface area contributed by atoms with Crippen molar-refractivity contribution in [2.45, 2.75) is 45.7 Å². The number of thiol groups is 1. The highest BCUT2D eigenvalue weighted by Crippen LogP contribution is 2.26. The Kier molecular flexibility index (Phi) is 5.88. The number of hydrogen-bond acceptors (Lipinski definition) is 2. The van der Waals surface area contributed by atoms with E-state index in [1.807, 2.05) is 20.8 Å². The van der Waals surface area contributed by atoms with Crippen molar-refractivity contribution < 1.29 is 13.5 Å². The predicted octanol–water partition coefficient (Wildman–Crippen LogP) is 3.20. The molecule has 0 heterocycles. The van der Waals surface area contributed by atoms with E-state index in [9.17, 15) is 8.78 Å². The predicted molar refractivity (Wildman–Crippen MR) is 53.3 cm³/mol. The van der Waals surface area contributed by atoms with Crippen LogP contribution in [-0.2, 0) is 4.74 Å². The molecule has 0 fully saturated rings. The van der Waals surface area contributed by atoms with Crippen molar-refractivity contribution in [2.75, 3.05) is 0 Å². The Hall–Kier alpha value is 0.170. The number of rotatable bonds is 5. The minimum atomic E-state index is -2.69. The number of ether oxygens (including phenoxy) is 1. The summed E-state index contributed by atoms with van der Waals surface area (Å²) in [5, 5.41) is 0.0637. The molecule has 3 atom stereocenters. The number of hydrogen-bond donors (Lipinski definition) is 1. The lowest BCUT2D eigenvalue weighted by Gasteiger charge is -2.29. The van der Waals surface area contributed by atoms with E-state index in [2.05, 4.69) is 17.4 Å². The maximum absolute atomic E-state index is 11.9. The molecular formula is C9H18F2OS. The Morgan fingerprint density at radius 3 is 1.77 bits per heavy atom. The second-order valence-electron chi connectivity index (χ2n) is 3.66. The van der Waals surface area contributed by atoms with Crippen LogP contribution in [-0.4, -0.2) is 18.0 Å². The lowest BCUT2D eigenvalue weighted by atomic mass is 9.88. The topological polar surface area (TPSA) is 9.23 Å². The van der Waals surface area contributed by atoms with Gasteiger partial charge < -0.3 is 4.74 Å². The SMILES string of the molecule is CC(C)C(C(C)S)C(C)OC(F)F. The van der Waals surface area contributed by atoms with Gasteiger partial charge in [0.05, 0.1) is 6.10 Å². The molecule has 0 aliphatic rings.